The first kappa shape index (κ1) is 22.7. The lowest BCUT2D eigenvalue weighted by molar-refractivity contribution is -0.142. The van der Waals surface area contributed by atoms with Gasteiger partial charge in [0.25, 0.3) is 5.91 Å². The van der Waals surface area contributed by atoms with Crippen molar-refractivity contribution in [3.8, 4) is 11.5 Å². The van der Waals surface area contributed by atoms with E-state index in [9.17, 15) is 14.7 Å². The highest BCUT2D eigenvalue weighted by Crippen LogP contribution is 2.32. The van der Waals surface area contributed by atoms with Crippen molar-refractivity contribution in [2.75, 3.05) is 13.7 Å². The fourth-order valence-corrected chi connectivity index (χ4v) is 3.25. The van der Waals surface area contributed by atoms with Crippen molar-refractivity contribution in [2.45, 2.75) is 38.6 Å². The minimum absolute atomic E-state index is 0.0414. The highest BCUT2D eigenvalue weighted by atomic mass is 79.9. The quantitative estimate of drug-likeness (QED) is 0.406. The number of phenols is 1. The number of methoxy groups -OCH3 is 1. The van der Waals surface area contributed by atoms with Crippen molar-refractivity contribution in [1.82, 2.24) is 5.32 Å². The third kappa shape index (κ3) is 6.78. The number of benzene rings is 2. The van der Waals surface area contributed by atoms with Crippen LogP contribution in [0.25, 0.3) is 0 Å². The van der Waals surface area contributed by atoms with Gasteiger partial charge < -0.3 is 19.9 Å². The third-order valence-electron chi connectivity index (χ3n) is 4.37. The summed E-state index contributed by atoms with van der Waals surface area (Å²) in [5.41, 5.74) is 0.921. The number of hydrogen-bond donors (Lipinski definition) is 2. The minimum Gasteiger partial charge on any atom is -0.507 e. The molecule has 29 heavy (non-hydrogen) atoms. The molecular weight excluding hydrogens is 438 g/mol. The van der Waals surface area contributed by atoms with Gasteiger partial charge in [-0.3, -0.25) is 4.79 Å². The predicted molar refractivity (Wildman–Crippen MR) is 114 cm³/mol. The van der Waals surface area contributed by atoms with E-state index in [2.05, 4.69) is 28.2 Å². The summed E-state index contributed by atoms with van der Waals surface area (Å²) in [4.78, 5) is 24.8. The highest BCUT2D eigenvalue weighted by molar-refractivity contribution is 9.10. The first-order valence-electron chi connectivity index (χ1n) is 9.54. The summed E-state index contributed by atoms with van der Waals surface area (Å²) in [5, 5.41) is 13.0. The number of aromatic hydroxyl groups is 1. The van der Waals surface area contributed by atoms with Gasteiger partial charge in [0.05, 0.1) is 23.8 Å². The summed E-state index contributed by atoms with van der Waals surface area (Å²) in [5.74, 6) is -0.896. The number of hydrogen-bond acceptors (Lipinski definition) is 5. The second-order valence-electron chi connectivity index (χ2n) is 6.59. The molecule has 2 aromatic carbocycles. The molecule has 0 aliphatic rings. The number of carbonyl (C=O) groups is 2. The molecule has 0 aliphatic carbocycles. The number of rotatable bonds is 10. The van der Waals surface area contributed by atoms with Crippen LogP contribution in [0.5, 0.6) is 11.5 Å². The monoisotopic (exact) mass is 463 g/mol. The molecule has 1 atom stereocenters. The standard InChI is InChI=1S/C22H26BrNO5/c1-3-4-8-11-29-20-14-19(25)16(13-17(20)23)21(26)24-18(22(27)28-2)12-15-9-6-5-7-10-15/h5-7,9-10,13-14,18,25H,3-4,8,11-12H2,1-2H3,(H,24,26)/t18-/m0/s1. The van der Waals surface area contributed by atoms with Gasteiger partial charge in [0, 0.05) is 12.5 Å². The lowest BCUT2D eigenvalue weighted by Gasteiger charge is -2.18. The Morgan fingerprint density at radius 3 is 2.55 bits per heavy atom. The van der Waals surface area contributed by atoms with Crippen molar-refractivity contribution >= 4 is 27.8 Å². The van der Waals surface area contributed by atoms with Crippen LogP contribution in [0.1, 0.15) is 42.1 Å². The van der Waals surface area contributed by atoms with Crippen molar-refractivity contribution in [3.63, 3.8) is 0 Å². The number of unbranched alkanes of at least 4 members (excludes halogenated alkanes) is 2. The first-order chi connectivity index (χ1) is 14.0. The highest BCUT2D eigenvalue weighted by Gasteiger charge is 2.24. The third-order valence-corrected chi connectivity index (χ3v) is 4.99. The maximum absolute atomic E-state index is 12.7. The number of phenolic OH excluding ortho intramolecular Hbond substituents is 1. The lowest BCUT2D eigenvalue weighted by atomic mass is 10.1. The summed E-state index contributed by atoms with van der Waals surface area (Å²) in [6.07, 6.45) is 3.33. The number of ether oxygens (including phenoxy) is 2. The molecule has 0 bridgehead atoms. The normalized spacial score (nSPS) is 11.6. The van der Waals surface area contributed by atoms with Gasteiger partial charge in [-0.1, -0.05) is 50.1 Å². The van der Waals surface area contributed by atoms with E-state index in [4.69, 9.17) is 9.47 Å². The molecule has 0 saturated heterocycles. The summed E-state index contributed by atoms with van der Waals surface area (Å²) >= 11 is 3.37. The van der Waals surface area contributed by atoms with E-state index in [1.54, 1.807) is 0 Å². The molecule has 0 radical (unpaired) electrons. The Morgan fingerprint density at radius 1 is 1.17 bits per heavy atom. The van der Waals surface area contributed by atoms with E-state index >= 15 is 0 Å². The molecule has 156 valence electrons. The summed E-state index contributed by atoms with van der Waals surface area (Å²) in [6.45, 7) is 2.63. The fourth-order valence-electron chi connectivity index (χ4n) is 2.79. The topological polar surface area (TPSA) is 84.9 Å². The Labute approximate surface area is 179 Å². The summed E-state index contributed by atoms with van der Waals surface area (Å²) in [7, 11) is 1.27. The maximum atomic E-state index is 12.7. The van der Waals surface area contributed by atoms with Crippen molar-refractivity contribution in [2.24, 2.45) is 0 Å². The number of amides is 1. The molecule has 0 saturated carbocycles. The van der Waals surface area contributed by atoms with Gasteiger partial charge >= 0.3 is 5.97 Å². The van der Waals surface area contributed by atoms with Crippen LogP contribution < -0.4 is 10.1 Å². The van der Waals surface area contributed by atoms with Gasteiger partial charge in [-0.05, 0) is 34.0 Å². The Bertz CT molecular complexity index is 825. The predicted octanol–water partition coefficient (Wildman–Crippen LogP) is 4.24. The van der Waals surface area contributed by atoms with Crippen LogP contribution in [-0.2, 0) is 16.0 Å². The number of carbonyl (C=O) groups excluding carboxylic acids is 2. The van der Waals surface area contributed by atoms with E-state index in [0.717, 1.165) is 24.8 Å². The molecule has 1 amide bonds. The smallest absolute Gasteiger partial charge is 0.328 e. The molecule has 2 N–H and O–H groups in total. The van der Waals surface area contributed by atoms with Crippen LogP contribution in [0.2, 0.25) is 0 Å². The van der Waals surface area contributed by atoms with Crippen LogP contribution in [0.4, 0.5) is 0 Å². The molecular formula is C22H26BrNO5. The summed E-state index contributed by atoms with van der Waals surface area (Å²) < 4.78 is 11.0. The van der Waals surface area contributed by atoms with Crippen LogP contribution in [0.15, 0.2) is 46.9 Å². The van der Waals surface area contributed by atoms with Crippen molar-refractivity contribution in [3.05, 3.63) is 58.1 Å². The molecule has 7 heteroatoms. The second-order valence-corrected chi connectivity index (χ2v) is 7.45. The van der Waals surface area contributed by atoms with Gasteiger partial charge in [0.15, 0.2) is 0 Å². The minimum atomic E-state index is -0.877. The number of nitrogens with one attached hydrogen (secondary N) is 1. The van der Waals surface area contributed by atoms with Gasteiger partial charge in [-0.25, -0.2) is 4.79 Å². The number of halogens is 1. The van der Waals surface area contributed by atoms with Crippen molar-refractivity contribution < 1.29 is 24.2 Å². The average Bonchev–Trinajstić information content (AvgIpc) is 2.72. The average molecular weight is 464 g/mol. The molecule has 2 aromatic rings. The molecule has 6 nitrogen and oxygen atoms in total. The Balaban J connectivity index is 2.12. The van der Waals surface area contributed by atoms with Crippen LogP contribution in [0.3, 0.4) is 0 Å². The molecule has 0 spiro atoms. The molecule has 0 heterocycles. The van der Waals surface area contributed by atoms with Crippen molar-refractivity contribution in [1.29, 1.82) is 0 Å². The Kier molecular flexibility index (Phi) is 8.99. The SMILES string of the molecule is CCCCCOc1cc(O)c(C(=O)N[C@@H](Cc2ccccc2)C(=O)OC)cc1Br. The van der Waals surface area contributed by atoms with E-state index in [-0.39, 0.29) is 17.7 Å². The number of esters is 1. The van der Waals surface area contributed by atoms with E-state index < -0.39 is 17.9 Å². The van der Waals surface area contributed by atoms with Crippen LogP contribution in [0, 0.1) is 0 Å². The molecule has 0 aliphatic heterocycles. The van der Waals surface area contributed by atoms with Crippen LogP contribution >= 0.6 is 15.9 Å². The zero-order valence-electron chi connectivity index (χ0n) is 16.6. The lowest BCUT2D eigenvalue weighted by Crippen LogP contribution is -2.43. The zero-order chi connectivity index (χ0) is 21.2. The fraction of sp³-hybridized carbons (Fsp3) is 0.364. The summed E-state index contributed by atoms with van der Waals surface area (Å²) in [6, 6.07) is 11.3. The molecule has 0 unspecified atom stereocenters. The largest absolute Gasteiger partial charge is 0.507 e. The van der Waals surface area contributed by atoms with E-state index in [1.165, 1.54) is 19.2 Å². The van der Waals surface area contributed by atoms with E-state index in [1.807, 2.05) is 30.3 Å². The van der Waals surface area contributed by atoms with Crippen LogP contribution in [-0.4, -0.2) is 36.7 Å². The first-order valence-corrected chi connectivity index (χ1v) is 10.3. The molecule has 0 aromatic heterocycles. The zero-order valence-corrected chi connectivity index (χ0v) is 18.2. The molecule has 2 rings (SSSR count). The molecule has 0 fully saturated rings. The Hall–Kier alpha value is -2.54. The van der Waals surface area contributed by atoms with Gasteiger partial charge in [0.2, 0.25) is 0 Å². The van der Waals surface area contributed by atoms with Gasteiger partial charge in [-0.15, -0.1) is 0 Å². The Morgan fingerprint density at radius 2 is 1.90 bits per heavy atom. The van der Waals surface area contributed by atoms with E-state index in [0.29, 0.717) is 16.8 Å². The van der Waals surface area contributed by atoms with Gasteiger partial charge in [-0.2, -0.15) is 0 Å². The second kappa shape index (κ2) is 11.5. The van der Waals surface area contributed by atoms with Gasteiger partial charge in [0.1, 0.15) is 17.5 Å². The maximum Gasteiger partial charge on any atom is 0.328 e.